The molecule has 0 aliphatic carbocycles. The summed E-state index contributed by atoms with van der Waals surface area (Å²) >= 11 is 0. The second kappa shape index (κ2) is 6.74. The summed E-state index contributed by atoms with van der Waals surface area (Å²) in [7, 11) is 0. The van der Waals surface area contributed by atoms with E-state index in [0.717, 1.165) is 11.1 Å². The Balaban J connectivity index is 1.59. The minimum atomic E-state index is -0.517. The van der Waals surface area contributed by atoms with E-state index in [1.54, 1.807) is 12.1 Å². The van der Waals surface area contributed by atoms with Crippen LogP contribution in [0.1, 0.15) is 17.2 Å². The summed E-state index contributed by atoms with van der Waals surface area (Å²) < 4.78 is 15.2. The zero-order chi connectivity index (χ0) is 16.1. The van der Waals surface area contributed by atoms with Crippen molar-refractivity contribution < 1.29 is 18.5 Å². The zero-order valence-electron chi connectivity index (χ0n) is 12.4. The minimum absolute atomic E-state index is 0.0831. The van der Waals surface area contributed by atoms with Crippen molar-refractivity contribution in [3.8, 4) is 11.4 Å². The normalized spacial score (nSPS) is 11.0. The molecule has 0 unspecified atom stereocenters. The molecular weight excluding hydrogens is 296 g/mol. The number of benzene rings is 1. The maximum absolute atomic E-state index is 11.6. The summed E-state index contributed by atoms with van der Waals surface area (Å²) in [5.41, 5.74) is 1.92. The molecule has 0 N–H and O–H groups in total. The van der Waals surface area contributed by atoms with Gasteiger partial charge in [0.1, 0.15) is 5.76 Å². The molecule has 0 aliphatic rings. The highest BCUT2D eigenvalue weighted by Crippen LogP contribution is 2.19. The van der Waals surface area contributed by atoms with E-state index < -0.39 is 5.97 Å². The summed E-state index contributed by atoms with van der Waals surface area (Å²) in [5, 5.41) is 3.90. The summed E-state index contributed by atoms with van der Waals surface area (Å²) in [6.45, 7) is 1.88. The molecule has 3 aromatic rings. The first-order chi connectivity index (χ1) is 11.2. The van der Waals surface area contributed by atoms with E-state index in [1.807, 2.05) is 31.2 Å². The van der Waals surface area contributed by atoms with Crippen LogP contribution in [0.25, 0.3) is 17.5 Å². The Bertz CT molecular complexity index is 819. The molecular formula is C17H14N2O4. The van der Waals surface area contributed by atoms with E-state index >= 15 is 0 Å². The van der Waals surface area contributed by atoms with Crippen molar-refractivity contribution in [2.24, 2.45) is 0 Å². The fourth-order valence-electron chi connectivity index (χ4n) is 1.96. The molecule has 1 aromatic carbocycles. The molecule has 0 bridgehead atoms. The van der Waals surface area contributed by atoms with Gasteiger partial charge in [0.25, 0.3) is 5.89 Å². The fourth-order valence-corrected chi connectivity index (χ4v) is 1.96. The van der Waals surface area contributed by atoms with Gasteiger partial charge in [-0.05, 0) is 30.7 Å². The average Bonchev–Trinajstić information content (AvgIpc) is 3.23. The van der Waals surface area contributed by atoms with E-state index in [2.05, 4.69) is 10.1 Å². The smallest absolute Gasteiger partial charge is 0.331 e. The Morgan fingerprint density at radius 3 is 2.91 bits per heavy atom. The Hall–Kier alpha value is -3.15. The zero-order valence-corrected chi connectivity index (χ0v) is 12.4. The number of rotatable bonds is 5. The lowest BCUT2D eigenvalue weighted by molar-refractivity contribution is -0.139. The average molecular weight is 310 g/mol. The van der Waals surface area contributed by atoms with Crippen LogP contribution in [0.4, 0.5) is 0 Å². The van der Waals surface area contributed by atoms with Crippen LogP contribution < -0.4 is 0 Å². The molecule has 0 saturated carbocycles. The predicted molar refractivity (Wildman–Crippen MR) is 82.0 cm³/mol. The van der Waals surface area contributed by atoms with Crippen LogP contribution in [0.3, 0.4) is 0 Å². The summed E-state index contributed by atoms with van der Waals surface area (Å²) in [6.07, 6.45) is 4.32. The second-order valence-electron chi connectivity index (χ2n) is 4.78. The molecule has 3 rings (SSSR count). The van der Waals surface area contributed by atoms with Gasteiger partial charge in [-0.3, -0.25) is 0 Å². The van der Waals surface area contributed by atoms with Crippen molar-refractivity contribution >= 4 is 12.0 Å². The van der Waals surface area contributed by atoms with Gasteiger partial charge in [-0.15, -0.1) is 0 Å². The predicted octanol–water partition coefficient (Wildman–Crippen LogP) is 3.39. The third-order valence-electron chi connectivity index (χ3n) is 3.12. The second-order valence-corrected chi connectivity index (χ2v) is 4.78. The molecule has 6 heteroatoms. The molecule has 0 aliphatic heterocycles. The summed E-state index contributed by atoms with van der Waals surface area (Å²) in [4.78, 5) is 15.8. The molecule has 6 nitrogen and oxygen atoms in total. The number of aromatic nitrogens is 2. The lowest BCUT2D eigenvalue weighted by atomic mass is 10.1. The molecule has 116 valence electrons. The fraction of sp³-hybridized carbons (Fsp3) is 0.118. The molecule has 0 radical (unpaired) electrons. The quantitative estimate of drug-likeness (QED) is 0.531. The molecule has 0 saturated heterocycles. The van der Waals surface area contributed by atoms with Gasteiger partial charge >= 0.3 is 5.97 Å². The van der Waals surface area contributed by atoms with Gasteiger partial charge in [-0.2, -0.15) is 4.98 Å². The van der Waals surface area contributed by atoms with E-state index in [9.17, 15) is 4.79 Å². The van der Waals surface area contributed by atoms with Gasteiger partial charge in [0.2, 0.25) is 5.82 Å². The van der Waals surface area contributed by atoms with Gasteiger partial charge in [0.15, 0.2) is 6.61 Å². The van der Waals surface area contributed by atoms with Crippen LogP contribution in [0.2, 0.25) is 0 Å². The number of hydrogen-bond acceptors (Lipinski definition) is 6. The molecule has 2 aromatic heterocycles. The molecule has 0 spiro atoms. The molecule has 23 heavy (non-hydrogen) atoms. The van der Waals surface area contributed by atoms with Gasteiger partial charge in [0.05, 0.1) is 6.26 Å². The Kier molecular flexibility index (Phi) is 4.33. The highest BCUT2D eigenvalue weighted by Gasteiger charge is 2.11. The molecule has 0 fully saturated rings. The van der Waals surface area contributed by atoms with Gasteiger partial charge in [0, 0.05) is 11.6 Å². The monoisotopic (exact) mass is 310 g/mol. The maximum atomic E-state index is 11.6. The van der Waals surface area contributed by atoms with E-state index in [4.69, 9.17) is 13.7 Å². The van der Waals surface area contributed by atoms with E-state index in [0.29, 0.717) is 11.6 Å². The SMILES string of the molecule is Cc1ccccc1-c1noc(COC(=O)C=Cc2ccco2)n1. The first-order valence-corrected chi connectivity index (χ1v) is 6.99. The lowest BCUT2D eigenvalue weighted by Gasteiger charge is -1.98. The van der Waals surface area contributed by atoms with Gasteiger partial charge < -0.3 is 13.7 Å². The number of furan rings is 1. The first kappa shape index (κ1) is 14.8. The van der Waals surface area contributed by atoms with Crippen molar-refractivity contribution in [1.82, 2.24) is 10.1 Å². The van der Waals surface area contributed by atoms with Crippen LogP contribution in [0.5, 0.6) is 0 Å². The van der Waals surface area contributed by atoms with Crippen molar-refractivity contribution in [3.05, 3.63) is 66.0 Å². The standard InChI is InChI=1S/C17H14N2O4/c1-12-5-2-3-7-14(12)17-18-15(23-19-17)11-22-16(20)9-8-13-6-4-10-21-13/h2-10H,11H2,1H3. The summed E-state index contributed by atoms with van der Waals surface area (Å²) in [6, 6.07) is 11.2. The number of hydrogen-bond donors (Lipinski definition) is 0. The Morgan fingerprint density at radius 2 is 2.13 bits per heavy atom. The first-order valence-electron chi connectivity index (χ1n) is 6.99. The van der Waals surface area contributed by atoms with Gasteiger partial charge in [-0.1, -0.05) is 29.4 Å². The molecule has 2 heterocycles. The Morgan fingerprint density at radius 1 is 1.26 bits per heavy atom. The van der Waals surface area contributed by atoms with Crippen molar-refractivity contribution in [2.45, 2.75) is 13.5 Å². The van der Waals surface area contributed by atoms with Crippen LogP contribution >= 0.6 is 0 Å². The van der Waals surface area contributed by atoms with Crippen LogP contribution in [-0.2, 0) is 16.1 Å². The van der Waals surface area contributed by atoms with E-state index in [1.165, 1.54) is 18.4 Å². The van der Waals surface area contributed by atoms with Crippen molar-refractivity contribution in [2.75, 3.05) is 0 Å². The third-order valence-corrected chi connectivity index (χ3v) is 3.12. The van der Waals surface area contributed by atoms with Crippen LogP contribution in [-0.4, -0.2) is 16.1 Å². The number of carbonyl (C=O) groups is 1. The number of ether oxygens (including phenoxy) is 1. The largest absolute Gasteiger partial charge is 0.465 e. The van der Waals surface area contributed by atoms with Crippen molar-refractivity contribution in [1.29, 1.82) is 0 Å². The van der Waals surface area contributed by atoms with E-state index in [-0.39, 0.29) is 12.5 Å². The Labute approximate surface area is 132 Å². The minimum Gasteiger partial charge on any atom is -0.465 e. The number of carbonyl (C=O) groups excluding carboxylic acids is 1. The van der Waals surface area contributed by atoms with Crippen molar-refractivity contribution in [3.63, 3.8) is 0 Å². The maximum Gasteiger partial charge on any atom is 0.331 e. The lowest BCUT2D eigenvalue weighted by Crippen LogP contribution is -2.00. The van der Waals surface area contributed by atoms with Gasteiger partial charge in [-0.25, -0.2) is 4.79 Å². The number of aryl methyl sites for hydroxylation is 1. The topological polar surface area (TPSA) is 78.4 Å². The highest BCUT2D eigenvalue weighted by molar-refractivity contribution is 5.86. The van der Waals surface area contributed by atoms with Crippen LogP contribution in [0.15, 0.2) is 57.7 Å². The number of nitrogens with zero attached hydrogens (tertiary/aromatic N) is 2. The molecule has 0 amide bonds. The molecule has 0 atom stereocenters. The summed E-state index contributed by atoms with van der Waals surface area (Å²) in [5.74, 6) is 0.766. The highest BCUT2D eigenvalue weighted by atomic mass is 16.6. The third kappa shape index (κ3) is 3.74. The van der Waals surface area contributed by atoms with Crippen LogP contribution in [0, 0.1) is 6.92 Å². The number of esters is 1.